The third-order valence-corrected chi connectivity index (χ3v) is 6.10. The number of ketones is 1. The van der Waals surface area contributed by atoms with Gasteiger partial charge in [0.15, 0.2) is 5.78 Å². The van der Waals surface area contributed by atoms with Crippen LogP contribution in [0.25, 0.3) is 0 Å². The quantitative estimate of drug-likeness (QED) is 0.115. The van der Waals surface area contributed by atoms with Crippen LogP contribution in [0.15, 0.2) is 25.0 Å². The minimum Gasteiger partial charge on any atom is -0.470 e. The first-order valence-corrected chi connectivity index (χ1v) is 11.6. The average molecular weight is 427 g/mol. The smallest absolute Gasteiger partial charge is 0.210 e. The highest BCUT2D eigenvalue weighted by molar-refractivity contribution is 5.79. The standard InChI is InChI=1S/C24H42O6/c1-2-30-24(29)17-16-20(11-10-14-21(27)12-7-5-9-18-25)23(24)15-8-4-3-6-13-22(28)19-26/h2,10-11,20-21,23,25-27,29H,1,3-9,12-19H2/t20-,21?,23+,24?/m0/s1. The number of allylic oxidation sites excluding steroid dienone is 1. The number of Topliss-reactive ketones (excluding diaryl/α,β-unsaturated/α-hetero) is 1. The lowest BCUT2D eigenvalue weighted by molar-refractivity contribution is -0.195. The first-order valence-electron chi connectivity index (χ1n) is 11.6. The topological polar surface area (TPSA) is 107 Å². The summed E-state index contributed by atoms with van der Waals surface area (Å²) in [6, 6.07) is 0. The largest absolute Gasteiger partial charge is 0.470 e. The van der Waals surface area contributed by atoms with Crippen molar-refractivity contribution in [3.8, 4) is 0 Å². The van der Waals surface area contributed by atoms with Gasteiger partial charge in [-0.3, -0.25) is 4.79 Å². The van der Waals surface area contributed by atoms with Crippen molar-refractivity contribution in [1.29, 1.82) is 0 Å². The third kappa shape index (κ3) is 10.2. The molecular formula is C24H42O6. The summed E-state index contributed by atoms with van der Waals surface area (Å²) in [4.78, 5) is 11.1. The third-order valence-electron chi connectivity index (χ3n) is 6.10. The molecule has 0 aromatic carbocycles. The van der Waals surface area contributed by atoms with Gasteiger partial charge >= 0.3 is 0 Å². The molecule has 1 saturated carbocycles. The molecule has 1 aliphatic carbocycles. The highest BCUT2D eigenvalue weighted by Crippen LogP contribution is 2.45. The van der Waals surface area contributed by atoms with E-state index in [1.54, 1.807) is 0 Å². The number of aliphatic hydroxyl groups excluding tert-OH is 3. The van der Waals surface area contributed by atoms with Crippen LogP contribution >= 0.6 is 0 Å². The Morgan fingerprint density at radius 1 is 1.13 bits per heavy atom. The van der Waals surface area contributed by atoms with Crippen molar-refractivity contribution in [2.75, 3.05) is 13.2 Å². The van der Waals surface area contributed by atoms with Gasteiger partial charge in [-0.15, -0.1) is 0 Å². The lowest BCUT2D eigenvalue weighted by Gasteiger charge is -2.31. The van der Waals surface area contributed by atoms with Crippen LogP contribution in [-0.4, -0.2) is 51.3 Å². The molecule has 4 atom stereocenters. The van der Waals surface area contributed by atoms with Crippen LogP contribution < -0.4 is 0 Å². The molecule has 1 aliphatic rings. The van der Waals surface area contributed by atoms with Gasteiger partial charge in [-0.05, 0) is 44.4 Å². The van der Waals surface area contributed by atoms with Crippen molar-refractivity contribution in [1.82, 2.24) is 0 Å². The molecule has 0 aromatic heterocycles. The van der Waals surface area contributed by atoms with E-state index in [0.717, 1.165) is 64.2 Å². The van der Waals surface area contributed by atoms with Gasteiger partial charge in [-0.1, -0.05) is 50.8 Å². The van der Waals surface area contributed by atoms with E-state index >= 15 is 0 Å². The molecule has 30 heavy (non-hydrogen) atoms. The van der Waals surface area contributed by atoms with Gasteiger partial charge in [0.05, 0.1) is 12.4 Å². The summed E-state index contributed by atoms with van der Waals surface area (Å²) in [5.74, 6) is -1.12. The SMILES string of the molecule is C=COC1(O)CC[C@H](C=CCC(O)CCCCCO)[C@H]1CCCCCCC(=O)CO. The number of rotatable bonds is 18. The number of carbonyl (C=O) groups excluding carboxylic acids is 1. The minimum absolute atomic E-state index is 0.0208. The molecule has 0 radical (unpaired) electrons. The fourth-order valence-corrected chi connectivity index (χ4v) is 4.37. The maximum Gasteiger partial charge on any atom is 0.210 e. The van der Waals surface area contributed by atoms with E-state index in [1.165, 1.54) is 6.26 Å². The van der Waals surface area contributed by atoms with Crippen molar-refractivity contribution in [3.05, 3.63) is 25.0 Å². The number of unbranched alkanes of at least 4 members (excludes halogenated alkanes) is 5. The van der Waals surface area contributed by atoms with Crippen LogP contribution in [0.5, 0.6) is 0 Å². The van der Waals surface area contributed by atoms with Crippen molar-refractivity contribution >= 4 is 5.78 Å². The number of hydrogen-bond acceptors (Lipinski definition) is 6. The average Bonchev–Trinajstić information content (AvgIpc) is 3.03. The molecule has 0 bridgehead atoms. The molecule has 6 nitrogen and oxygen atoms in total. The summed E-state index contributed by atoms with van der Waals surface area (Å²) in [5.41, 5.74) is 0. The summed E-state index contributed by atoms with van der Waals surface area (Å²) in [7, 11) is 0. The summed E-state index contributed by atoms with van der Waals surface area (Å²) in [6.45, 7) is 3.43. The van der Waals surface area contributed by atoms with Crippen LogP contribution in [0.3, 0.4) is 0 Å². The second-order valence-corrected chi connectivity index (χ2v) is 8.48. The molecular weight excluding hydrogens is 384 g/mol. The zero-order valence-corrected chi connectivity index (χ0v) is 18.4. The second-order valence-electron chi connectivity index (χ2n) is 8.48. The maximum atomic E-state index is 11.1. The Labute approximate surface area is 181 Å². The van der Waals surface area contributed by atoms with Gasteiger partial charge in [0.25, 0.3) is 0 Å². The molecule has 6 heteroatoms. The lowest BCUT2D eigenvalue weighted by Crippen LogP contribution is -2.36. The van der Waals surface area contributed by atoms with E-state index in [4.69, 9.17) is 14.9 Å². The number of aliphatic hydroxyl groups is 4. The van der Waals surface area contributed by atoms with Gasteiger partial charge in [0.1, 0.15) is 6.61 Å². The van der Waals surface area contributed by atoms with E-state index < -0.39 is 5.79 Å². The first kappa shape index (κ1) is 26.8. The number of ether oxygens (including phenoxy) is 1. The molecule has 0 amide bonds. The van der Waals surface area contributed by atoms with E-state index in [0.29, 0.717) is 19.3 Å². The minimum atomic E-state index is -1.19. The lowest BCUT2D eigenvalue weighted by atomic mass is 9.87. The zero-order chi connectivity index (χ0) is 22.2. The highest BCUT2D eigenvalue weighted by Gasteiger charge is 2.47. The Kier molecular flexibility index (Phi) is 13.9. The van der Waals surface area contributed by atoms with Crippen LogP contribution in [0, 0.1) is 11.8 Å². The molecule has 0 saturated heterocycles. The molecule has 0 spiro atoms. The molecule has 0 aromatic rings. The van der Waals surface area contributed by atoms with Crippen molar-refractivity contribution in [2.45, 2.75) is 95.4 Å². The second kappa shape index (κ2) is 15.6. The van der Waals surface area contributed by atoms with Crippen LogP contribution in [0.4, 0.5) is 0 Å². The van der Waals surface area contributed by atoms with Crippen LogP contribution in [0.2, 0.25) is 0 Å². The predicted molar refractivity (Wildman–Crippen MR) is 118 cm³/mol. The Morgan fingerprint density at radius 2 is 1.87 bits per heavy atom. The van der Waals surface area contributed by atoms with Crippen LogP contribution in [0.1, 0.15) is 83.5 Å². The Morgan fingerprint density at radius 3 is 2.57 bits per heavy atom. The zero-order valence-electron chi connectivity index (χ0n) is 18.4. The molecule has 4 N–H and O–H groups in total. The maximum absolute atomic E-state index is 11.1. The van der Waals surface area contributed by atoms with Crippen LogP contribution in [-0.2, 0) is 9.53 Å². The van der Waals surface area contributed by atoms with E-state index in [2.05, 4.69) is 12.7 Å². The monoisotopic (exact) mass is 426 g/mol. The number of carbonyl (C=O) groups is 1. The molecule has 2 unspecified atom stereocenters. The molecule has 174 valence electrons. The van der Waals surface area contributed by atoms with Gasteiger partial charge < -0.3 is 25.2 Å². The fourth-order valence-electron chi connectivity index (χ4n) is 4.37. The fraction of sp³-hybridized carbons (Fsp3) is 0.792. The van der Waals surface area contributed by atoms with Crippen molar-refractivity contribution in [3.63, 3.8) is 0 Å². The number of hydrogen-bond donors (Lipinski definition) is 4. The summed E-state index contributed by atoms with van der Waals surface area (Å²) in [6.07, 6.45) is 15.3. The van der Waals surface area contributed by atoms with Gasteiger partial charge in [-0.2, -0.15) is 0 Å². The molecule has 0 aliphatic heterocycles. The van der Waals surface area contributed by atoms with E-state index in [9.17, 15) is 15.0 Å². The van der Waals surface area contributed by atoms with E-state index in [1.807, 2.05) is 6.08 Å². The summed E-state index contributed by atoms with van der Waals surface area (Å²) < 4.78 is 5.50. The van der Waals surface area contributed by atoms with Crippen molar-refractivity contribution < 1.29 is 30.0 Å². The Bertz CT molecular complexity index is 506. The van der Waals surface area contributed by atoms with Crippen molar-refractivity contribution in [2.24, 2.45) is 11.8 Å². The first-order chi connectivity index (χ1) is 14.5. The molecule has 1 fully saturated rings. The summed E-state index contributed by atoms with van der Waals surface area (Å²) in [5, 5.41) is 38.6. The summed E-state index contributed by atoms with van der Waals surface area (Å²) >= 11 is 0. The van der Waals surface area contributed by atoms with Gasteiger partial charge in [-0.25, -0.2) is 0 Å². The van der Waals surface area contributed by atoms with E-state index in [-0.39, 0.29) is 36.9 Å². The molecule has 0 heterocycles. The predicted octanol–water partition coefficient (Wildman–Crippen LogP) is 3.62. The Hall–Kier alpha value is -1.21. The molecule has 1 rings (SSSR count). The van der Waals surface area contributed by atoms with Gasteiger partial charge in [0, 0.05) is 25.4 Å². The highest BCUT2D eigenvalue weighted by atomic mass is 16.6. The van der Waals surface area contributed by atoms with Gasteiger partial charge in [0.2, 0.25) is 5.79 Å². The normalized spacial score (nSPS) is 24.9. The Balaban J connectivity index is 2.45.